The van der Waals surface area contributed by atoms with Crippen molar-refractivity contribution in [3.8, 4) is 0 Å². The zero-order valence-electron chi connectivity index (χ0n) is 10.9. The van der Waals surface area contributed by atoms with Gasteiger partial charge < -0.3 is 5.11 Å². The second-order valence-corrected chi connectivity index (χ2v) is 5.56. The molecule has 1 atom stereocenters. The van der Waals surface area contributed by atoms with Gasteiger partial charge in [0.15, 0.2) is 0 Å². The van der Waals surface area contributed by atoms with Gasteiger partial charge in [0.25, 0.3) is 0 Å². The zero-order chi connectivity index (χ0) is 15.0. The fourth-order valence-corrected chi connectivity index (χ4v) is 2.91. The Hall–Kier alpha value is -1.61. The molecule has 1 nitrogen and oxygen atoms in total. The molecule has 3 rings (SSSR count). The van der Waals surface area contributed by atoms with Crippen molar-refractivity contribution in [1.29, 1.82) is 0 Å². The van der Waals surface area contributed by atoms with Gasteiger partial charge in [-0.3, -0.25) is 0 Å². The van der Waals surface area contributed by atoms with Gasteiger partial charge in [-0.15, -0.1) is 0 Å². The van der Waals surface area contributed by atoms with Crippen LogP contribution in [0, 0.1) is 5.82 Å². The van der Waals surface area contributed by atoms with Gasteiger partial charge in [-0.1, -0.05) is 59.6 Å². The molecule has 0 radical (unpaired) electrons. The SMILES string of the molecule is OC(c1ccc(F)cc1Cl)c1ccc(Cl)c2ccccc12. The summed E-state index contributed by atoms with van der Waals surface area (Å²) in [5.74, 6) is -0.433. The van der Waals surface area contributed by atoms with E-state index in [1.807, 2.05) is 24.3 Å². The monoisotopic (exact) mass is 320 g/mol. The molecule has 0 aliphatic rings. The first kappa shape index (κ1) is 14.3. The topological polar surface area (TPSA) is 20.2 Å². The van der Waals surface area contributed by atoms with Gasteiger partial charge in [0.2, 0.25) is 0 Å². The van der Waals surface area contributed by atoms with Crippen LogP contribution in [-0.2, 0) is 0 Å². The van der Waals surface area contributed by atoms with Crippen LogP contribution >= 0.6 is 23.2 Å². The van der Waals surface area contributed by atoms with Crippen molar-refractivity contribution in [3.63, 3.8) is 0 Å². The molecule has 3 aromatic rings. The van der Waals surface area contributed by atoms with E-state index >= 15 is 0 Å². The molecule has 0 saturated heterocycles. The normalized spacial score (nSPS) is 12.6. The van der Waals surface area contributed by atoms with Crippen LogP contribution in [0.5, 0.6) is 0 Å². The van der Waals surface area contributed by atoms with Gasteiger partial charge in [-0.25, -0.2) is 4.39 Å². The zero-order valence-corrected chi connectivity index (χ0v) is 12.4. The maximum absolute atomic E-state index is 13.1. The van der Waals surface area contributed by atoms with Gasteiger partial charge in [0.1, 0.15) is 11.9 Å². The Bertz CT molecular complexity index is 817. The van der Waals surface area contributed by atoms with Crippen LogP contribution < -0.4 is 0 Å². The first-order chi connectivity index (χ1) is 10.1. The van der Waals surface area contributed by atoms with E-state index in [-0.39, 0.29) is 5.02 Å². The quantitative estimate of drug-likeness (QED) is 0.673. The summed E-state index contributed by atoms with van der Waals surface area (Å²) in [4.78, 5) is 0. The van der Waals surface area contributed by atoms with E-state index in [0.29, 0.717) is 16.1 Å². The molecule has 0 aliphatic heterocycles. The molecule has 0 heterocycles. The highest BCUT2D eigenvalue weighted by Gasteiger charge is 2.17. The molecule has 3 aromatic carbocycles. The fourth-order valence-electron chi connectivity index (χ4n) is 2.41. The standard InChI is InChI=1S/C17H11Cl2FO/c18-15-8-7-13(11-3-1-2-4-12(11)15)17(21)14-6-5-10(20)9-16(14)19/h1-9,17,21H. The van der Waals surface area contributed by atoms with Crippen molar-refractivity contribution < 1.29 is 9.50 Å². The molecule has 1 unspecified atom stereocenters. The van der Waals surface area contributed by atoms with E-state index in [1.165, 1.54) is 18.2 Å². The number of fused-ring (bicyclic) bond motifs is 1. The Kier molecular flexibility index (Phi) is 3.85. The van der Waals surface area contributed by atoms with Crippen LogP contribution in [-0.4, -0.2) is 5.11 Å². The lowest BCUT2D eigenvalue weighted by Crippen LogP contribution is -2.02. The van der Waals surface area contributed by atoms with E-state index in [1.54, 1.807) is 12.1 Å². The second kappa shape index (κ2) is 5.64. The molecule has 4 heteroatoms. The maximum atomic E-state index is 13.1. The minimum Gasteiger partial charge on any atom is -0.384 e. The van der Waals surface area contributed by atoms with Crippen LogP contribution in [0.1, 0.15) is 17.2 Å². The van der Waals surface area contributed by atoms with E-state index in [9.17, 15) is 9.50 Å². The maximum Gasteiger partial charge on any atom is 0.124 e. The van der Waals surface area contributed by atoms with Crippen molar-refractivity contribution in [2.45, 2.75) is 6.10 Å². The number of aliphatic hydroxyl groups is 1. The summed E-state index contributed by atoms with van der Waals surface area (Å²) in [7, 11) is 0. The first-order valence-electron chi connectivity index (χ1n) is 6.38. The first-order valence-corrected chi connectivity index (χ1v) is 7.13. The molecule has 0 spiro atoms. The molecular formula is C17H11Cl2FO. The summed E-state index contributed by atoms with van der Waals surface area (Å²) in [5.41, 5.74) is 1.15. The molecule has 0 amide bonds. The Labute approximate surface area is 131 Å². The molecular weight excluding hydrogens is 310 g/mol. The van der Waals surface area contributed by atoms with Crippen LogP contribution in [0.2, 0.25) is 10.0 Å². The Morgan fingerprint density at radius 3 is 2.19 bits per heavy atom. The minimum absolute atomic E-state index is 0.196. The lowest BCUT2D eigenvalue weighted by Gasteiger charge is -2.16. The summed E-state index contributed by atoms with van der Waals surface area (Å²) in [6.45, 7) is 0. The van der Waals surface area contributed by atoms with Gasteiger partial charge in [-0.05, 0) is 29.1 Å². The van der Waals surface area contributed by atoms with Gasteiger partial charge in [0.05, 0.1) is 0 Å². The summed E-state index contributed by atoms with van der Waals surface area (Å²) in [6, 6.07) is 15.0. The number of hydrogen-bond donors (Lipinski definition) is 1. The Balaban J connectivity index is 2.18. The van der Waals surface area contributed by atoms with Crippen molar-refractivity contribution in [2.75, 3.05) is 0 Å². The third kappa shape index (κ3) is 2.62. The van der Waals surface area contributed by atoms with Gasteiger partial charge >= 0.3 is 0 Å². The smallest absolute Gasteiger partial charge is 0.124 e. The highest BCUT2D eigenvalue weighted by Crippen LogP contribution is 2.35. The highest BCUT2D eigenvalue weighted by molar-refractivity contribution is 6.35. The molecule has 0 aliphatic carbocycles. The van der Waals surface area contributed by atoms with Crippen LogP contribution in [0.4, 0.5) is 4.39 Å². The second-order valence-electron chi connectivity index (χ2n) is 4.75. The third-order valence-corrected chi connectivity index (χ3v) is 4.11. The summed E-state index contributed by atoms with van der Waals surface area (Å²) >= 11 is 12.2. The predicted octanol–water partition coefficient (Wildman–Crippen LogP) is 5.37. The highest BCUT2D eigenvalue weighted by atomic mass is 35.5. The summed E-state index contributed by atoms with van der Waals surface area (Å²) in [5, 5.41) is 13.1. The molecule has 1 N–H and O–H groups in total. The molecule has 21 heavy (non-hydrogen) atoms. The van der Waals surface area contributed by atoms with Crippen molar-refractivity contribution in [2.24, 2.45) is 0 Å². The van der Waals surface area contributed by atoms with E-state index < -0.39 is 11.9 Å². The average molecular weight is 321 g/mol. The largest absolute Gasteiger partial charge is 0.384 e. The summed E-state index contributed by atoms with van der Waals surface area (Å²) < 4.78 is 13.1. The lowest BCUT2D eigenvalue weighted by molar-refractivity contribution is 0.222. The number of aliphatic hydroxyl groups excluding tert-OH is 1. The molecule has 0 bridgehead atoms. The predicted molar refractivity (Wildman–Crippen MR) is 84.4 cm³/mol. The van der Waals surface area contributed by atoms with Crippen molar-refractivity contribution in [1.82, 2.24) is 0 Å². The number of halogens is 3. The number of benzene rings is 3. The molecule has 106 valence electrons. The molecule has 0 saturated carbocycles. The van der Waals surface area contributed by atoms with E-state index in [2.05, 4.69) is 0 Å². The number of hydrogen-bond acceptors (Lipinski definition) is 1. The van der Waals surface area contributed by atoms with Crippen LogP contribution in [0.25, 0.3) is 10.8 Å². The lowest BCUT2D eigenvalue weighted by atomic mass is 9.96. The summed E-state index contributed by atoms with van der Waals surface area (Å²) in [6.07, 6.45) is -0.944. The Morgan fingerprint density at radius 2 is 1.48 bits per heavy atom. The number of rotatable bonds is 2. The molecule has 0 fully saturated rings. The van der Waals surface area contributed by atoms with E-state index in [4.69, 9.17) is 23.2 Å². The van der Waals surface area contributed by atoms with Gasteiger partial charge in [0, 0.05) is 21.0 Å². The fraction of sp³-hybridized carbons (Fsp3) is 0.0588. The Morgan fingerprint density at radius 1 is 0.810 bits per heavy atom. The average Bonchev–Trinajstić information content (AvgIpc) is 2.47. The molecule has 0 aromatic heterocycles. The minimum atomic E-state index is -0.944. The van der Waals surface area contributed by atoms with Gasteiger partial charge in [-0.2, -0.15) is 0 Å². The van der Waals surface area contributed by atoms with Crippen molar-refractivity contribution >= 4 is 34.0 Å². The van der Waals surface area contributed by atoms with Crippen LogP contribution in [0.15, 0.2) is 54.6 Å². The van der Waals surface area contributed by atoms with Crippen molar-refractivity contribution in [3.05, 3.63) is 81.6 Å². The third-order valence-electron chi connectivity index (χ3n) is 3.46. The van der Waals surface area contributed by atoms with Crippen LogP contribution in [0.3, 0.4) is 0 Å². The van der Waals surface area contributed by atoms with E-state index in [0.717, 1.165) is 10.8 Å².